The van der Waals surface area contributed by atoms with E-state index in [-0.39, 0.29) is 5.92 Å². The molecule has 1 unspecified atom stereocenters. The van der Waals surface area contributed by atoms with Crippen molar-refractivity contribution >= 4 is 0 Å². The summed E-state index contributed by atoms with van der Waals surface area (Å²) in [5.41, 5.74) is -0.750. The lowest BCUT2D eigenvalue weighted by molar-refractivity contribution is -0.0513. The third-order valence-electron chi connectivity index (χ3n) is 3.39. The number of likely N-dealkylation sites (tertiary alicyclic amines) is 1. The van der Waals surface area contributed by atoms with Crippen LogP contribution in [0.1, 0.15) is 33.6 Å². The highest BCUT2D eigenvalue weighted by atomic mass is 16.3. The van der Waals surface area contributed by atoms with E-state index in [0.29, 0.717) is 6.04 Å². The van der Waals surface area contributed by atoms with E-state index in [2.05, 4.69) is 24.8 Å². The van der Waals surface area contributed by atoms with Crippen LogP contribution in [0.15, 0.2) is 0 Å². The Bertz CT molecular complexity index is 224. The fourth-order valence-corrected chi connectivity index (χ4v) is 1.98. The molecular weight excluding hydrogens is 176 g/mol. The summed E-state index contributed by atoms with van der Waals surface area (Å²) in [6, 6.07) is 2.69. The molecule has 0 amide bonds. The van der Waals surface area contributed by atoms with Crippen LogP contribution in [-0.2, 0) is 0 Å². The van der Waals surface area contributed by atoms with Gasteiger partial charge in [-0.15, -0.1) is 0 Å². The van der Waals surface area contributed by atoms with Crippen LogP contribution < -0.4 is 0 Å². The Morgan fingerprint density at radius 1 is 1.29 bits per heavy atom. The van der Waals surface area contributed by atoms with E-state index in [1.54, 1.807) is 0 Å². The van der Waals surface area contributed by atoms with Gasteiger partial charge in [-0.1, -0.05) is 0 Å². The fraction of sp³-hybridized carbons (Fsp3) is 0.909. The maximum atomic E-state index is 10.2. The zero-order chi connectivity index (χ0) is 10.8. The van der Waals surface area contributed by atoms with Crippen LogP contribution in [0.3, 0.4) is 0 Å². The van der Waals surface area contributed by atoms with Gasteiger partial charge >= 0.3 is 0 Å². The van der Waals surface area contributed by atoms with Crippen LogP contribution in [0.25, 0.3) is 0 Å². The van der Waals surface area contributed by atoms with Crippen LogP contribution in [0.4, 0.5) is 0 Å². The van der Waals surface area contributed by atoms with Crippen molar-refractivity contribution in [2.75, 3.05) is 13.1 Å². The minimum absolute atomic E-state index is 0.253. The summed E-state index contributed by atoms with van der Waals surface area (Å²) in [5.74, 6) is -0.253. The lowest BCUT2D eigenvalue weighted by Gasteiger charge is -2.41. The van der Waals surface area contributed by atoms with Crippen LogP contribution in [0.5, 0.6) is 0 Å². The standard InChI is InChI=1S/C11H20N2O/c1-9(2)13-6-4-11(14,5-7-13)10(3)8-12/h9-10,14H,4-7H2,1-3H3. The second kappa shape index (κ2) is 4.29. The topological polar surface area (TPSA) is 47.3 Å². The van der Waals surface area contributed by atoms with Gasteiger partial charge in [0.25, 0.3) is 0 Å². The average Bonchev–Trinajstić information content (AvgIpc) is 2.17. The maximum Gasteiger partial charge on any atom is 0.0826 e. The van der Waals surface area contributed by atoms with Crippen LogP contribution in [0.2, 0.25) is 0 Å². The first kappa shape index (κ1) is 11.5. The maximum absolute atomic E-state index is 10.2. The Morgan fingerprint density at radius 2 is 1.79 bits per heavy atom. The third-order valence-corrected chi connectivity index (χ3v) is 3.39. The summed E-state index contributed by atoms with van der Waals surface area (Å²) in [6.07, 6.45) is 1.44. The molecule has 1 N–H and O–H groups in total. The number of nitriles is 1. The summed E-state index contributed by atoms with van der Waals surface area (Å²) in [5, 5.41) is 19.0. The molecule has 1 rings (SSSR count). The summed E-state index contributed by atoms with van der Waals surface area (Å²) >= 11 is 0. The molecule has 1 aliphatic heterocycles. The largest absolute Gasteiger partial charge is 0.388 e. The summed E-state index contributed by atoms with van der Waals surface area (Å²) in [6.45, 7) is 7.95. The molecule has 0 aliphatic carbocycles. The Labute approximate surface area is 86.3 Å². The highest BCUT2D eigenvalue weighted by Gasteiger charge is 2.37. The zero-order valence-electron chi connectivity index (χ0n) is 9.32. The smallest absolute Gasteiger partial charge is 0.0826 e. The van der Waals surface area contributed by atoms with E-state index in [9.17, 15) is 5.11 Å². The van der Waals surface area contributed by atoms with Crippen molar-refractivity contribution < 1.29 is 5.11 Å². The van der Waals surface area contributed by atoms with E-state index in [1.807, 2.05) is 6.92 Å². The first-order valence-electron chi connectivity index (χ1n) is 5.35. The molecule has 0 saturated carbocycles. The van der Waals surface area contributed by atoms with Gasteiger partial charge in [-0.3, -0.25) is 0 Å². The Balaban J connectivity index is 2.54. The first-order chi connectivity index (χ1) is 6.49. The van der Waals surface area contributed by atoms with Crippen molar-refractivity contribution in [2.24, 2.45) is 5.92 Å². The molecule has 3 nitrogen and oxygen atoms in total. The van der Waals surface area contributed by atoms with Gasteiger partial charge in [0.2, 0.25) is 0 Å². The van der Waals surface area contributed by atoms with Gasteiger partial charge in [-0.2, -0.15) is 5.26 Å². The second-order valence-corrected chi connectivity index (χ2v) is 4.58. The van der Waals surface area contributed by atoms with Crippen molar-refractivity contribution in [3.05, 3.63) is 0 Å². The SMILES string of the molecule is CC(C)N1CCC(O)(C(C)C#N)CC1. The van der Waals surface area contributed by atoms with Crippen molar-refractivity contribution in [3.63, 3.8) is 0 Å². The molecule has 1 fully saturated rings. The third kappa shape index (κ3) is 2.26. The molecule has 0 aromatic carbocycles. The monoisotopic (exact) mass is 196 g/mol. The first-order valence-corrected chi connectivity index (χ1v) is 5.35. The Kier molecular flexibility index (Phi) is 3.52. The minimum Gasteiger partial charge on any atom is -0.388 e. The number of aliphatic hydroxyl groups is 1. The van der Waals surface area contributed by atoms with E-state index < -0.39 is 5.60 Å². The molecule has 0 radical (unpaired) electrons. The van der Waals surface area contributed by atoms with E-state index in [0.717, 1.165) is 25.9 Å². The van der Waals surface area contributed by atoms with Gasteiger partial charge < -0.3 is 10.0 Å². The predicted octanol–water partition coefficient (Wildman–Crippen LogP) is 1.38. The van der Waals surface area contributed by atoms with Crippen LogP contribution in [-0.4, -0.2) is 34.7 Å². The molecule has 0 aromatic rings. The Hall–Kier alpha value is -0.590. The molecule has 14 heavy (non-hydrogen) atoms. The van der Waals surface area contributed by atoms with E-state index in [1.165, 1.54) is 0 Å². The van der Waals surface area contributed by atoms with Gasteiger partial charge in [0.15, 0.2) is 0 Å². The fourth-order valence-electron chi connectivity index (χ4n) is 1.98. The van der Waals surface area contributed by atoms with Gasteiger partial charge in [0, 0.05) is 19.1 Å². The summed E-state index contributed by atoms with van der Waals surface area (Å²) < 4.78 is 0. The average molecular weight is 196 g/mol. The quantitative estimate of drug-likeness (QED) is 0.726. The van der Waals surface area contributed by atoms with E-state index >= 15 is 0 Å². The molecule has 0 bridgehead atoms. The van der Waals surface area contributed by atoms with Crippen molar-refractivity contribution in [1.29, 1.82) is 5.26 Å². The van der Waals surface area contributed by atoms with Crippen LogP contribution in [0, 0.1) is 17.2 Å². The molecule has 3 heteroatoms. The normalized spacial score (nSPS) is 24.6. The molecule has 0 spiro atoms. The highest BCUT2D eigenvalue weighted by Crippen LogP contribution is 2.29. The van der Waals surface area contributed by atoms with Gasteiger partial charge in [-0.25, -0.2) is 0 Å². The van der Waals surface area contributed by atoms with Gasteiger partial charge in [0.1, 0.15) is 0 Å². The van der Waals surface area contributed by atoms with Crippen LogP contribution >= 0.6 is 0 Å². The number of nitrogens with zero attached hydrogens (tertiary/aromatic N) is 2. The molecular formula is C11H20N2O. The number of piperidine rings is 1. The minimum atomic E-state index is -0.750. The van der Waals surface area contributed by atoms with Crippen molar-refractivity contribution in [3.8, 4) is 6.07 Å². The molecule has 1 heterocycles. The van der Waals surface area contributed by atoms with Gasteiger partial charge in [-0.05, 0) is 33.6 Å². The predicted molar refractivity (Wildman–Crippen MR) is 55.7 cm³/mol. The molecule has 1 atom stereocenters. The van der Waals surface area contributed by atoms with Crippen molar-refractivity contribution in [2.45, 2.75) is 45.3 Å². The lowest BCUT2D eigenvalue weighted by Crippen LogP contribution is -2.49. The second-order valence-electron chi connectivity index (χ2n) is 4.58. The molecule has 0 aromatic heterocycles. The summed E-state index contributed by atoms with van der Waals surface area (Å²) in [4.78, 5) is 2.35. The lowest BCUT2D eigenvalue weighted by atomic mass is 9.81. The van der Waals surface area contributed by atoms with E-state index in [4.69, 9.17) is 5.26 Å². The Morgan fingerprint density at radius 3 is 2.14 bits per heavy atom. The number of hydrogen-bond acceptors (Lipinski definition) is 3. The number of hydrogen-bond donors (Lipinski definition) is 1. The number of rotatable bonds is 2. The molecule has 80 valence electrons. The van der Waals surface area contributed by atoms with Gasteiger partial charge in [0.05, 0.1) is 17.6 Å². The molecule has 1 saturated heterocycles. The summed E-state index contributed by atoms with van der Waals surface area (Å²) in [7, 11) is 0. The highest BCUT2D eigenvalue weighted by molar-refractivity contribution is 4.99. The molecule has 1 aliphatic rings. The van der Waals surface area contributed by atoms with Crippen molar-refractivity contribution in [1.82, 2.24) is 4.90 Å². The zero-order valence-corrected chi connectivity index (χ0v) is 9.32.